The number of carbonyl (C=O) groups excluding carboxylic acids is 1. The first-order valence-electron chi connectivity index (χ1n) is 6.99. The van der Waals surface area contributed by atoms with Crippen LogP contribution in [0.1, 0.15) is 39.2 Å². The third-order valence-corrected chi connectivity index (χ3v) is 3.93. The summed E-state index contributed by atoms with van der Waals surface area (Å²) in [5, 5.41) is 2.90. The van der Waals surface area contributed by atoms with Gasteiger partial charge in [-0.3, -0.25) is 0 Å². The second kappa shape index (κ2) is 5.76. The molecule has 0 spiro atoms. The van der Waals surface area contributed by atoms with Gasteiger partial charge in [-0.15, -0.1) is 0 Å². The fourth-order valence-corrected chi connectivity index (χ4v) is 2.69. The maximum atomic E-state index is 11.7. The molecule has 0 heterocycles. The van der Waals surface area contributed by atoms with Crippen molar-refractivity contribution in [1.29, 1.82) is 0 Å². The fraction of sp³-hybridized carbons (Fsp3) is 0.562. The first kappa shape index (κ1) is 15.4. The van der Waals surface area contributed by atoms with Crippen molar-refractivity contribution in [3.8, 4) is 0 Å². The molecule has 0 aliphatic heterocycles. The highest BCUT2D eigenvalue weighted by molar-refractivity contribution is 9.10. The molecule has 2 rings (SSSR count). The predicted octanol–water partition coefficient (Wildman–Crippen LogP) is 4.30. The number of benzene rings is 1. The summed E-state index contributed by atoms with van der Waals surface area (Å²) < 4.78 is 6.38. The average Bonchev–Trinajstić information content (AvgIpc) is 3.05. The van der Waals surface area contributed by atoms with E-state index in [4.69, 9.17) is 4.74 Å². The Balaban J connectivity index is 1.85. The Kier molecular flexibility index (Phi) is 4.43. The Morgan fingerprint density at radius 3 is 2.65 bits per heavy atom. The number of rotatable bonds is 4. The van der Waals surface area contributed by atoms with Crippen molar-refractivity contribution >= 4 is 22.0 Å². The van der Waals surface area contributed by atoms with Crippen LogP contribution in [0.5, 0.6) is 0 Å². The third kappa shape index (κ3) is 4.82. The molecule has 0 saturated heterocycles. The van der Waals surface area contributed by atoms with Crippen LogP contribution in [0.2, 0.25) is 0 Å². The standard InChI is InChI=1S/C16H22BrNO2/c1-15(2,3)20-14(19)18-11-16(7-8-16)10-12-5-4-6-13(17)9-12/h4-6,9H,7-8,10-11H2,1-3H3,(H,18,19). The predicted molar refractivity (Wildman–Crippen MR) is 83.7 cm³/mol. The van der Waals surface area contributed by atoms with Crippen molar-refractivity contribution in [3.05, 3.63) is 34.3 Å². The monoisotopic (exact) mass is 339 g/mol. The molecule has 1 aromatic rings. The van der Waals surface area contributed by atoms with Crippen LogP contribution in [0.3, 0.4) is 0 Å². The number of alkyl carbamates (subject to hydrolysis) is 1. The summed E-state index contributed by atoms with van der Waals surface area (Å²) in [4.78, 5) is 11.7. The molecule has 1 saturated carbocycles. The molecule has 1 aromatic carbocycles. The van der Waals surface area contributed by atoms with E-state index in [2.05, 4.69) is 39.4 Å². The largest absolute Gasteiger partial charge is 0.444 e. The molecule has 0 radical (unpaired) electrons. The molecule has 1 N–H and O–H groups in total. The van der Waals surface area contributed by atoms with Crippen molar-refractivity contribution in [2.75, 3.05) is 6.54 Å². The van der Waals surface area contributed by atoms with Gasteiger partial charge in [-0.1, -0.05) is 28.1 Å². The van der Waals surface area contributed by atoms with Gasteiger partial charge in [-0.2, -0.15) is 0 Å². The molecule has 1 aliphatic rings. The van der Waals surface area contributed by atoms with Gasteiger partial charge in [0.05, 0.1) is 0 Å². The zero-order valence-corrected chi connectivity index (χ0v) is 13.9. The molecule has 1 fully saturated rings. The molecule has 0 bridgehead atoms. The molecule has 0 atom stereocenters. The van der Waals surface area contributed by atoms with E-state index in [-0.39, 0.29) is 11.5 Å². The number of hydrogen-bond donors (Lipinski definition) is 1. The van der Waals surface area contributed by atoms with Gasteiger partial charge in [-0.25, -0.2) is 4.79 Å². The molecule has 1 amide bonds. The van der Waals surface area contributed by atoms with E-state index in [1.54, 1.807) is 0 Å². The quantitative estimate of drug-likeness (QED) is 0.888. The number of ether oxygens (including phenoxy) is 1. The molecule has 110 valence electrons. The zero-order valence-electron chi connectivity index (χ0n) is 12.3. The number of nitrogens with one attached hydrogen (secondary N) is 1. The Labute approximate surface area is 129 Å². The highest BCUT2D eigenvalue weighted by Crippen LogP contribution is 2.48. The van der Waals surface area contributed by atoms with E-state index in [1.165, 1.54) is 5.56 Å². The summed E-state index contributed by atoms with van der Waals surface area (Å²) in [6, 6.07) is 8.37. The number of hydrogen-bond acceptors (Lipinski definition) is 2. The smallest absolute Gasteiger partial charge is 0.407 e. The topological polar surface area (TPSA) is 38.3 Å². The number of amides is 1. The van der Waals surface area contributed by atoms with Crippen LogP contribution in [-0.2, 0) is 11.2 Å². The summed E-state index contributed by atoms with van der Waals surface area (Å²) in [6.45, 7) is 6.32. The summed E-state index contributed by atoms with van der Waals surface area (Å²) >= 11 is 3.50. The van der Waals surface area contributed by atoms with E-state index in [0.29, 0.717) is 6.54 Å². The van der Waals surface area contributed by atoms with Gasteiger partial charge in [-0.05, 0) is 63.1 Å². The highest BCUT2D eigenvalue weighted by atomic mass is 79.9. The summed E-state index contributed by atoms with van der Waals surface area (Å²) in [5.41, 5.74) is 1.09. The summed E-state index contributed by atoms with van der Waals surface area (Å²) in [7, 11) is 0. The van der Waals surface area contributed by atoms with Crippen LogP contribution in [0.4, 0.5) is 4.79 Å². The van der Waals surface area contributed by atoms with Gasteiger partial charge in [0.2, 0.25) is 0 Å². The zero-order chi connectivity index (χ0) is 14.8. The van der Waals surface area contributed by atoms with Crippen LogP contribution in [0, 0.1) is 5.41 Å². The molecule has 3 nitrogen and oxygen atoms in total. The van der Waals surface area contributed by atoms with Crippen LogP contribution < -0.4 is 5.32 Å². The van der Waals surface area contributed by atoms with Crippen LogP contribution in [0.15, 0.2) is 28.7 Å². The molecule has 0 unspecified atom stereocenters. The van der Waals surface area contributed by atoms with Crippen LogP contribution >= 0.6 is 15.9 Å². The minimum absolute atomic E-state index is 0.220. The Hall–Kier alpha value is -1.03. The second-order valence-electron chi connectivity index (χ2n) is 6.66. The highest BCUT2D eigenvalue weighted by Gasteiger charge is 2.42. The van der Waals surface area contributed by atoms with Crippen LogP contribution in [-0.4, -0.2) is 18.2 Å². The second-order valence-corrected chi connectivity index (χ2v) is 7.58. The Morgan fingerprint density at radius 1 is 1.40 bits per heavy atom. The van der Waals surface area contributed by atoms with Gasteiger partial charge >= 0.3 is 6.09 Å². The van der Waals surface area contributed by atoms with Crippen molar-refractivity contribution in [2.45, 2.75) is 45.6 Å². The molecule has 20 heavy (non-hydrogen) atoms. The Morgan fingerprint density at radius 2 is 2.10 bits per heavy atom. The maximum Gasteiger partial charge on any atom is 0.407 e. The maximum absolute atomic E-state index is 11.7. The van der Waals surface area contributed by atoms with E-state index in [9.17, 15) is 4.79 Å². The lowest BCUT2D eigenvalue weighted by atomic mass is 9.96. The third-order valence-electron chi connectivity index (χ3n) is 3.43. The van der Waals surface area contributed by atoms with E-state index in [1.807, 2.05) is 26.8 Å². The van der Waals surface area contributed by atoms with Gasteiger partial charge in [0.25, 0.3) is 0 Å². The average molecular weight is 340 g/mol. The minimum Gasteiger partial charge on any atom is -0.444 e. The normalized spacial score (nSPS) is 16.6. The van der Waals surface area contributed by atoms with Crippen molar-refractivity contribution in [1.82, 2.24) is 5.32 Å². The summed E-state index contributed by atoms with van der Waals surface area (Å²) in [6.07, 6.45) is 3.00. The SMILES string of the molecule is CC(C)(C)OC(=O)NCC1(Cc2cccc(Br)c2)CC1. The lowest BCUT2D eigenvalue weighted by Gasteiger charge is -2.22. The Bertz CT molecular complexity index is 489. The van der Waals surface area contributed by atoms with E-state index >= 15 is 0 Å². The minimum atomic E-state index is -0.439. The molecule has 4 heteroatoms. The van der Waals surface area contributed by atoms with Gasteiger partial charge in [0, 0.05) is 11.0 Å². The van der Waals surface area contributed by atoms with E-state index < -0.39 is 5.60 Å². The van der Waals surface area contributed by atoms with Gasteiger partial charge < -0.3 is 10.1 Å². The van der Waals surface area contributed by atoms with Gasteiger partial charge in [0.1, 0.15) is 5.60 Å². The number of halogens is 1. The lowest BCUT2D eigenvalue weighted by molar-refractivity contribution is 0.0516. The van der Waals surface area contributed by atoms with Crippen molar-refractivity contribution in [2.24, 2.45) is 5.41 Å². The lowest BCUT2D eigenvalue weighted by Crippen LogP contribution is -2.36. The summed E-state index contributed by atoms with van der Waals surface area (Å²) in [5.74, 6) is 0. The molecule has 1 aliphatic carbocycles. The molecule has 0 aromatic heterocycles. The first-order valence-corrected chi connectivity index (χ1v) is 7.79. The van der Waals surface area contributed by atoms with Crippen LogP contribution in [0.25, 0.3) is 0 Å². The molecular formula is C16H22BrNO2. The van der Waals surface area contributed by atoms with E-state index in [0.717, 1.165) is 23.7 Å². The first-order chi connectivity index (χ1) is 9.28. The molecular weight excluding hydrogens is 318 g/mol. The van der Waals surface area contributed by atoms with Crippen molar-refractivity contribution in [3.63, 3.8) is 0 Å². The van der Waals surface area contributed by atoms with Crippen molar-refractivity contribution < 1.29 is 9.53 Å². The van der Waals surface area contributed by atoms with Gasteiger partial charge in [0.15, 0.2) is 0 Å². The number of carbonyl (C=O) groups is 1. The fourth-order valence-electron chi connectivity index (χ4n) is 2.25.